The summed E-state index contributed by atoms with van der Waals surface area (Å²) in [6, 6.07) is 1.12. The van der Waals surface area contributed by atoms with E-state index in [1.807, 2.05) is 0 Å². The average Bonchev–Trinajstić information content (AvgIpc) is 1.85. The van der Waals surface area contributed by atoms with Crippen LogP contribution >= 0.6 is 12.6 Å². The highest BCUT2D eigenvalue weighted by Gasteiger charge is 2.06. The number of nitrogens with one attached hydrogen (secondary N) is 1. The normalized spacial score (nSPS) is 9.55. The lowest BCUT2D eigenvalue weighted by Gasteiger charge is -1.92. The van der Waals surface area contributed by atoms with E-state index in [0.29, 0.717) is 5.03 Å². The van der Waals surface area contributed by atoms with Gasteiger partial charge in [0.1, 0.15) is 5.56 Å². The first-order chi connectivity index (χ1) is 5.11. The molecule has 1 heterocycles. The lowest BCUT2D eigenvalue weighted by atomic mass is 10.3. The van der Waals surface area contributed by atoms with Crippen molar-refractivity contribution in [1.82, 2.24) is 4.98 Å². The molecule has 0 saturated heterocycles. The Morgan fingerprint density at radius 1 is 1.64 bits per heavy atom. The van der Waals surface area contributed by atoms with E-state index in [0.717, 1.165) is 12.3 Å². The number of aromatic carboxylic acids is 1. The molecular formula is C6H5NO3S. The molecular weight excluding hydrogens is 166 g/mol. The van der Waals surface area contributed by atoms with Gasteiger partial charge in [0.2, 0.25) is 0 Å². The van der Waals surface area contributed by atoms with Crippen LogP contribution in [-0.2, 0) is 0 Å². The van der Waals surface area contributed by atoms with Crippen molar-refractivity contribution < 1.29 is 9.90 Å². The van der Waals surface area contributed by atoms with E-state index < -0.39 is 11.4 Å². The van der Waals surface area contributed by atoms with Gasteiger partial charge in [-0.15, -0.1) is 12.6 Å². The summed E-state index contributed by atoms with van der Waals surface area (Å²) in [6.07, 6.45) is 1.12. The van der Waals surface area contributed by atoms with Crippen molar-refractivity contribution in [3.63, 3.8) is 0 Å². The van der Waals surface area contributed by atoms with Gasteiger partial charge in [0, 0.05) is 12.3 Å². The maximum absolute atomic E-state index is 10.8. The second kappa shape index (κ2) is 2.79. The van der Waals surface area contributed by atoms with Gasteiger partial charge in [-0.25, -0.2) is 4.79 Å². The molecule has 0 amide bonds. The first-order valence-electron chi connectivity index (χ1n) is 2.76. The highest BCUT2D eigenvalue weighted by Crippen LogP contribution is 1.96. The molecule has 0 radical (unpaired) electrons. The summed E-state index contributed by atoms with van der Waals surface area (Å²) in [5.74, 6) is -1.24. The predicted octanol–water partition coefficient (Wildman–Crippen LogP) is 0.362. The van der Waals surface area contributed by atoms with Crippen molar-refractivity contribution in [3.8, 4) is 0 Å². The average molecular weight is 171 g/mol. The van der Waals surface area contributed by atoms with Crippen LogP contribution in [0.4, 0.5) is 0 Å². The Labute approximate surface area is 67.3 Å². The molecule has 4 nitrogen and oxygen atoms in total. The first-order valence-corrected chi connectivity index (χ1v) is 3.21. The Kier molecular flexibility index (Phi) is 2.00. The number of hydrogen-bond donors (Lipinski definition) is 3. The summed E-state index contributed by atoms with van der Waals surface area (Å²) in [4.78, 5) is 23.6. The van der Waals surface area contributed by atoms with Crippen LogP contribution in [0.2, 0.25) is 0 Å². The molecule has 0 saturated carbocycles. The molecule has 0 atom stereocenters. The van der Waals surface area contributed by atoms with Crippen LogP contribution in [-0.4, -0.2) is 16.1 Å². The number of carbonyl (C=O) groups is 1. The van der Waals surface area contributed by atoms with Crippen LogP contribution in [0.25, 0.3) is 0 Å². The zero-order valence-electron chi connectivity index (χ0n) is 5.37. The van der Waals surface area contributed by atoms with Crippen LogP contribution in [0.15, 0.2) is 22.1 Å². The monoisotopic (exact) mass is 171 g/mol. The standard InChI is InChI=1S/C6H5NO3S/c8-4-1-5(11)7-2-3(4)6(9)10/h1-2H,(H,9,10)(H2,7,8,11). The summed E-state index contributed by atoms with van der Waals surface area (Å²) < 4.78 is 0. The third kappa shape index (κ3) is 1.62. The number of aromatic amines is 1. The minimum Gasteiger partial charge on any atom is -0.477 e. The molecule has 58 valence electrons. The van der Waals surface area contributed by atoms with Crippen molar-refractivity contribution >= 4 is 18.6 Å². The van der Waals surface area contributed by atoms with E-state index in [4.69, 9.17) is 5.11 Å². The second-order valence-electron chi connectivity index (χ2n) is 1.90. The molecule has 1 aromatic heterocycles. The number of thiol groups is 1. The SMILES string of the molecule is O=C(O)c1c[nH]c(S)cc1=O. The van der Waals surface area contributed by atoms with Gasteiger partial charge in [0.25, 0.3) is 0 Å². The van der Waals surface area contributed by atoms with Crippen LogP contribution in [0, 0.1) is 0 Å². The number of rotatable bonds is 1. The molecule has 0 aliphatic rings. The van der Waals surface area contributed by atoms with Crippen molar-refractivity contribution in [2.75, 3.05) is 0 Å². The van der Waals surface area contributed by atoms with Gasteiger partial charge in [-0.1, -0.05) is 0 Å². The zero-order chi connectivity index (χ0) is 8.43. The third-order valence-corrected chi connectivity index (χ3v) is 1.39. The van der Waals surface area contributed by atoms with E-state index in [9.17, 15) is 9.59 Å². The Morgan fingerprint density at radius 3 is 2.73 bits per heavy atom. The molecule has 0 fully saturated rings. The molecule has 5 heteroatoms. The summed E-state index contributed by atoms with van der Waals surface area (Å²) in [6.45, 7) is 0. The maximum atomic E-state index is 10.8. The summed E-state index contributed by atoms with van der Waals surface area (Å²) in [7, 11) is 0. The van der Waals surface area contributed by atoms with Gasteiger partial charge in [0.15, 0.2) is 5.43 Å². The molecule has 1 aromatic rings. The molecule has 0 bridgehead atoms. The van der Waals surface area contributed by atoms with Crippen LogP contribution < -0.4 is 5.43 Å². The molecule has 0 aromatic carbocycles. The predicted molar refractivity (Wildman–Crippen MR) is 41.3 cm³/mol. The Balaban J connectivity index is 3.32. The molecule has 0 aliphatic heterocycles. The van der Waals surface area contributed by atoms with Gasteiger partial charge in [-0.05, 0) is 0 Å². The number of aromatic nitrogens is 1. The minimum absolute atomic E-state index is 0.275. The molecule has 11 heavy (non-hydrogen) atoms. The van der Waals surface area contributed by atoms with Crippen molar-refractivity contribution in [2.24, 2.45) is 0 Å². The second-order valence-corrected chi connectivity index (χ2v) is 2.38. The van der Waals surface area contributed by atoms with Crippen molar-refractivity contribution in [1.29, 1.82) is 0 Å². The van der Waals surface area contributed by atoms with Crippen LogP contribution in [0.3, 0.4) is 0 Å². The van der Waals surface area contributed by atoms with Crippen molar-refractivity contribution in [3.05, 3.63) is 28.0 Å². The largest absolute Gasteiger partial charge is 0.477 e. The fourth-order valence-corrected chi connectivity index (χ4v) is 0.810. The lowest BCUT2D eigenvalue weighted by Crippen LogP contribution is -2.13. The van der Waals surface area contributed by atoms with Crippen molar-refractivity contribution in [2.45, 2.75) is 5.03 Å². The summed E-state index contributed by atoms with van der Waals surface area (Å²) in [5.41, 5.74) is -0.816. The molecule has 0 unspecified atom stereocenters. The fourth-order valence-electron chi connectivity index (χ4n) is 0.628. The smallest absolute Gasteiger partial charge is 0.341 e. The summed E-state index contributed by atoms with van der Waals surface area (Å²) >= 11 is 3.82. The topological polar surface area (TPSA) is 70.2 Å². The highest BCUT2D eigenvalue weighted by atomic mass is 32.1. The Bertz CT molecular complexity index is 344. The Hall–Kier alpha value is -1.23. The summed E-state index contributed by atoms with van der Waals surface area (Å²) in [5, 5.41) is 8.76. The molecule has 0 aliphatic carbocycles. The van der Waals surface area contributed by atoms with E-state index in [1.54, 1.807) is 0 Å². The number of carboxylic acid groups (broad SMARTS) is 1. The van der Waals surface area contributed by atoms with Gasteiger partial charge in [-0.2, -0.15) is 0 Å². The third-order valence-electron chi connectivity index (χ3n) is 1.13. The molecule has 1 rings (SSSR count). The van der Waals surface area contributed by atoms with Crippen LogP contribution in [0.5, 0.6) is 0 Å². The molecule has 0 spiro atoms. The van der Waals surface area contributed by atoms with Gasteiger partial charge < -0.3 is 10.1 Å². The number of carboxylic acids is 1. The zero-order valence-corrected chi connectivity index (χ0v) is 6.26. The minimum atomic E-state index is -1.24. The van der Waals surface area contributed by atoms with Gasteiger partial charge in [-0.3, -0.25) is 4.79 Å². The quantitative estimate of drug-likeness (QED) is 0.534. The number of H-pyrrole nitrogens is 1. The van der Waals surface area contributed by atoms with Crippen LogP contribution in [0.1, 0.15) is 10.4 Å². The maximum Gasteiger partial charge on any atom is 0.341 e. The first kappa shape index (κ1) is 7.87. The lowest BCUT2D eigenvalue weighted by molar-refractivity contribution is 0.0695. The van der Waals surface area contributed by atoms with E-state index in [-0.39, 0.29) is 5.56 Å². The van der Waals surface area contributed by atoms with Gasteiger partial charge >= 0.3 is 5.97 Å². The highest BCUT2D eigenvalue weighted by molar-refractivity contribution is 7.80. The Morgan fingerprint density at radius 2 is 2.27 bits per heavy atom. The van der Waals surface area contributed by atoms with E-state index in [2.05, 4.69) is 17.6 Å². The van der Waals surface area contributed by atoms with E-state index in [1.165, 1.54) is 0 Å². The number of pyridine rings is 1. The van der Waals surface area contributed by atoms with E-state index >= 15 is 0 Å². The van der Waals surface area contributed by atoms with Gasteiger partial charge in [0.05, 0.1) is 5.03 Å². The fraction of sp³-hybridized carbons (Fsp3) is 0. The molecule has 2 N–H and O–H groups in total. The number of hydrogen-bond acceptors (Lipinski definition) is 3.